The first-order valence-corrected chi connectivity index (χ1v) is 24.5. The van der Waals surface area contributed by atoms with Gasteiger partial charge in [0.2, 0.25) is 17.7 Å². The van der Waals surface area contributed by atoms with Crippen LogP contribution in [0.2, 0.25) is 0 Å². The van der Waals surface area contributed by atoms with Crippen LogP contribution in [0.1, 0.15) is 124 Å². The lowest BCUT2D eigenvalue weighted by molar-refractivity contribution is -0.131. The van der Waals surface area contributed by atoms with Crippen molar-refractivity contribution in [3.05, 3.63) is 59.9 Å². The molecular weight excluding hydrogens is 881 g/mol. The zero-order valence-corrected chi connectivity index (χ0v) is 39.4. The van der Waals surface area contributed by atoms with E-state index in [2.05, 4.69) is 26.7 Å². The number of amides is 5. The molecule has 4 aliphatic carbocycles. The molecule has 6 N–H and O–H groups in total. The largest absolute Gasteiger partial charge is 0.496 e. The number of nitriles is 1. The Kier molecular flexibility index (Phi) is 13.3. The van der Waals surface area contributed by atoms with E-state index in [1.54, 1.807) is 36.2 Å². The molecule has 10 rings (SSSR count). The van der Waals surface area contributed by atoms with E-state index >= 15 is 0 Å². The quantitative estimate of drug-likeness (QED) is 0.111. The molecule has 4 heterocycles. The average Bonchev–Trinajstić information content (AvgIpc) is 4.19. The molecular formula is C52H62N8O9. The van der Waals surface area contributed by atoms with Crippen LogP contribution < -0.4 is 25.8 Å². The van der Waals surface area contributed by atoms with Crippen LogP contribution in [0.25, 0.3) is 21.8 Å². The normalized spacial score (nSPS) is 24.0. The van der Waals surface area contributed by atoms with Crippen molar-refractivity contribution in [1.82, 2.24) is 30.4 Å². The Morgan fingerprint density at radius 1 is 0.725 bits per heavy atom. The zero-order valence-electron chi connectivity index (χ0n) is 39.4. The van der Waals surface area contributed by atoms with Gasteiger partial charge in [-0.2, -0.15) is 5.26 Å². The number of Topliss-reactive ketones (excluding diaryl/α,β-unsaturated/α-hetero) is 2. The number of nitrogens with zero attached hydrogens (tertiary/aromatic N) is 3. The van der Waals surface area contributed by atoms with Crippen molar-refractivity contribution in [1.29, 1.82) is 5.26 Å². The number of benzene rings is 2. The van der Waals surface area contributed by atoms with Gasteiger partial charge in [-0.25, -0.2) is 0 Å². The summed E-state index contributed by atoms with van der Waals surface area (Å²) in [5.41, 5.74) is 7.89. The maximum Gasteiger partial charge on any atom is 0.271 e. The summed E-state index contributed by atoms with van der Waals surface area (Å²) in [5, 5.41) is 16.9. The summed E-state index contributed by atoms with van der Waals surface area (Å²) in [7, 11) is 3.17. The molecule has 69 heavy (non-hydrogen) atoms. The van der Waals surface area contributed by atoms with Crippen LogP contribution in [0.3, 0.4) is 0 Å². The van der Waals surface area contributed by atoms with Gasteiger partial charge in [0, 0.05) is 59.6 Å². The molecule has 0 radical (unpaired) electrons. The number of nitrogens with one attached hydrogen (secondary N) is 4. The third kappa shape index (κ3) is 9.42. The van der Waals surface area contributed by atoms with Gasteiger partial charge in [0.15, 0.2) is 0 Å². The summed E-state index contributed by atoms with van der Waals surface area (Å²) in [5.74, 6) is -0.607. The molecule has 6 aliphatic rings. The fourth-order valence-corrected chi connectivity index (χ4v) is 12.0. The second-order valence-corrected chi connectivity index (χ2v) is 20.5. The fraction of sp³-hybridized carbons (Fsp3) is 0.538. The lowest BCUT2D eigenvalue weighted by Gasteiger charge is -2.37. The van der Waals surface area contributed by atoms with Crippen molar-refractivity contribution < 1.29 is 43.0 Å². The summed E-state index contributed by atoms with van der Waals surface area (Å²) >= 11 is 0. The Hall–Kier alpha value is -6.70. The van der Waals surface area contributed by atoms with Crippen molar-refractivity contribution >= 4 is 62.9 Å². The van der Waals surface area contributed by atoms with E-state index < -0.39 is 30.1 Å². The first kappa shape index (κ1) is 47.4. The topological polar surface area (TPSA) is 250 Å². The van der Waals surface area contributed by atoms with E-state index in [9.17, 15) is 38.8 Å². The number of hydrogen-bond donors (Lipinski definition) is 5. The maximum absolute atomic E-state index is 13.6. The summed E-state index contributed by atoms with van der Waals surface area (Å²) in [6.45, 7) is 1.04. The Morgan fingerprint density at radius 2 is 1.19 bits per heavy atom. The van der Waals surface area contributed by atoms with Crippen LogP contribution in [-0.4, -0.2) is 112 Å². The van der Waals surface area contributed by atoms with Crippen molar-refractivity contribution in [3.8, 4) is 17.6 Å². The molecule has 4 aromatic rings. The molecule has 5 amide bonds. The first-order valence-electron chi connectivity index (χ1n) is 24.5. The van der Waals surface area contributed by atoms with Gasteiger partial charge in [0.1, 0.15) is 58.6 Å². The number of ether oxygens (including phenoxy) is 2. The van der Waals surface area contributed by atoms with Gasteiger partial charge >= 0.3 is 0 Å². The highest BCUT2D eigenvalue weighted by molar-refractivity contribution is 6.03. The molecule has 17 nitrogen and oxygen atoms in total. The number of primary amides is 1. The first-order chi connectivity index (χ1) is 33.2. The molecule has 4 saturated carbocycles. The van der Waals surface area contributed by atoms with Crippen LogP contribution in [0, 0.1) is 34.0 Å². The molecule has 0 bridgehead atoms. The van der Waals surface area contributed by atoms with Crippen LogP contribution >= 0.6 is 0 Å². The molecule has 6 fully saturated rings. The smallest absolute Gasteiger partial charge is 0.271 e. The molecule has 2 aromatic heterocycles. The zero-order chi connectivity index (χ0) is 48.6. The van der Waals surface area contributed by atoms with E-state index in [0.717, 1.165) is 79.6 Å². The van der Waals surface area contributed by atoms with Crippen LogP contribution in [0.5, 0.6) is 11.5 Å². The lowest BCUT2D eigenvalue weighted by atomic mass is 9.67. The van der Waals surface area contributed by atoms with E-state index in [0.29, 0.717) is 74.5 Å². The molecule has 364 valence electrons. The van der Waals surface area contributed by atoms with Gasteiger partial charge in [-0.05, 0) is 124 Å². The highest BCUT2D eigenvalue weighted by Crippen LogP contribution is 2.52. The number of ketones is 2. The number of aromatic amines is 2. The van der Waals surface area contributed by atoms with E-state index in [1.165, 1.54) is 0 Å². The Labute approximate surface area is 400 Å². The molecule has 0 unspecified atom stereocenters. The fourth-order valence-electron chi connectivity index (χ4n) is 12.0. The molecule has 2 aliphatic heterocycles. The predicted molar refractivity (Wildman–Crippen MR) is 254 cm³/mol. The summed E-state index contributed by atoms with van der Waals surface area (Å²) in [4.78, 5) is 99.9. The molecule has 2 aromatic carbocycles. The number of nitrogens with two attached hydrogens (primary N) is 1. The summed E-state index contributed by atoms with van der Waals surface area (Å²) in [6, 6.07) is 13.8. The number of H-pyrrole nitrogens is 2. The number of fused-ring (bicyclic) bond motifs is 2. The van der Waals surface area contributed by atoms with Crippen molar-refractivity contribution in [2.45, 2.75) is 127 Å². The van der Waals surface area contributed by atoms with Gasteiger partial charge in [0.05, 0.1) is 20.3 Å². The molecule has 2 spiro atoms. The number of hydrogen-bond acceptors (Lipinski definition) is 10. The SMILES string of the molecule is COc1cccc2[nH]c(C(=O)N3CC4(CCC4)C[C@H]3C(=O)N[C@@H](C[C@@H]3CCCC3=O)C(N)=O)cc12.COc1cccc2[nH]c(C(=O)N3CC4(CCC4)C[C@H]3C(=O)N[C@H](C#N)C[C@@H]3CCCC3=O)cc12. The second-order valence-electron chi connectivity index (χ2n) is 20.5. The van der Waals surface area contributed by atoms with Crippen LogP contribution in [0.15, 0.2) is 48.5 Å². The number of rotatable bonds is 13. The van der Waals surface area contributed by atoms with E-state index in [4.69, 9.17) is 15.2 Å². The molecule has 17 heteroatoms. The third-order valence-corrected chi connectivity index (χ3v) is 16.2. The van der Waals surface area contributed by atoms with E-state index in [-0.39, 0.29) is 64.3 Å². The summed E-state index contributed by atoms with van der Waals surface area (Å²) in [6.07, 6.45) is 12.0. The van der Waals surface area contributed by atoms with Gasteiger partial charge in [0.25, 0.3) is 11.8 Å². The third-order valence-electron chi connectivity index (χ3n) is 16.2. The number of likely N-dealkylation sites (tertiary alicyclic amines) is 2. The van der Waals surface area contributed by atoms with Crippen molar-refractivity contribution in [2.75, 3.05) is 27.3 Å². The predicted octanol–water partition coefficient (Wildman–Crippen LogP) is 5.62. The monoisotopic (exact) mass is 942 g/mol. The van der Waals surface area contributed by atoms with Gasteiger partial charge in [-0.1, -0.05) is 25.0 Å². The molecule has 6 atom stereocenters. The van der Waals surface area contributed by atoms with E-state index in [1.807, 2.05) is 36.4 Å². The lowest BCUT2D eigenvalue weighted by Crippen LogP contribution is -2.53. The minimum Gasteiger partial charge on any atom is -0.496 e. The number of aromatic nitrogens is 2. The Balaban J connectivity index is 0.000000172. The van der Waals surface area contributed by atoms with Crippen LogP contribution in [-0.2, 0) is 24.0 Å². The Bertz CT molecular complexity index is 2730. The number of carbonyl (C=O) groups excluding carboxylic acids is 7. The number of carbonyl (C=O) groups is 7. The van der Waals surface area contributed by atoms with Gasteiger partial charge < -0.3 is 45.6 Å². The minimum atomic E-state index is -0.929. The Morgan fingerprint density at radius 3 is 1.58 bits per heavy atom. The maximum atomic E-state index is 13.6. The summed E-state index contributed by atoms with van der Waals surface area (Å²) < 4.78 is 10.8. The highest BCUT2D eigenvalue weighted by atomic mass is 16.5. The van der Waals surface area contributed by atoms with Crippen molar-refractivity contribution in [2.24, 2.45) is 28.4 Å². The standard InChI is InChI=1S/C26H32N4O5.C26H30N4O4/c1-35-22-8-3-6-17-16(22)12-19(28-17)25(34)30-14-26(9-4-10-26)13-20(30)24(33)29-18(23(27)32)11-15-5-2-7-21(15)31;1-34-23-8-3-6-19-18(23)12-20(29-19)25(33)30-15-26(9-4-10-26)13-21(30)24(32)28-17(14-27)11-16-5-2-7-22(16)31/h3,6,8,12,15,18,20,28H,2,4-5,7,9-11,13-14H2,1H3,(H2,27,32)(H,29,33);3,6,8,12,16-17,21,29H,2,4-5,7,9-11,13,15H2,1H3,(H,28,32)/t15-,18-,20-;16-,17-,21-/m00/s1. The number of methoxy groups -OCH3 is 2. The van der Waals surface area contributed by atoms with Gasteiger partial charge in [-0.15, -0.1) is 0 Å². The van der Waals surface area contributed by atoms with Crippen LogP contribution in [0.4, 0.5) is 0 Å². The second kappa shape index (κ2) is 19.4. The minimum absolute atomic E-state index is 0.0229. The van der Waals surface area contributed by atoms with Crippen molar-refractivity contribution in [3.63, 3.8) is 0 Å². The molecule has 2 saturated heterocycles. The highest BCUT2D eigenvalue weighted by Gasteiger charge is 2.53. The van der Waals surface area contributed by atoms with Gasteiger partial charge in [-0.3, -0.25) is 33.6 Å². The average molecular weight is 943 g/mol.